The van der Waals surface area contributed by atoms with E-state index in [-0.39, 0.29) is 18.5 Å². The Hall–Kier alpha value is -3.02. The number of anilines is 1. The number of aliphatic carboxylic acids is 1. The normalized spacial score (nSPS) is 18.8. The van der Waals surface area contributed by atoms with Gasteiger partial charge in [-0.1, -0.05) is 39.0 Å². The molecule has 3 rings (SSSR count). The van der Waals surface area contributed by atoms with Crippen LogP contribution in [0.25, 0.3) is 0 Å². The number of amides is 2. The Labute approximate surface area is 215 Å². The van der Waals surface area contributed by atoms with Crippen LogP contribution in [0.5, 0.6) is 5.75 Å². The van der Waals surface area contributed by atoms with Crippen molar-refractivity contribution in [2.24, 2.45) is 17.3 Å². The summed E-state index contributed by atoms with van der Waals surface area (Å²) in [6.45, 7) is 11.4. The van der Waals surface area contributed by atoms with Gasteiger partial charge in [0.25, 0.3) is 0 Å². The maximum atomic E-state index is 13.1. The molecule has 1 atom stereocenters. The quantitative estimate of drug-likeness (QED) is 0.320. The molecule has 1 aliphatic rings. The zero-order valence-electron chi connectivity index (χ0n) is 22.4. The van der Waals surface area contributed by atoms with E-state index in [1.165, 1.54) is 0 Å². The number of rotatable bonds is 9. The first-order chi connectivity index (χ1) is 17.0. The van der Waals surface area contributed by atoms with E-state index in [2.05, 4.69) is 37.5 Å². The summed E-state index contributed by atoms with van der Waals surface area (Å²) < 4.78 is 5.71. The number of carbonyl (C=O) groups excluding carboxylic acids is 1. The third-order valence-corrected chi connectivity index (χ3v) is 7.28. The lowest BCUT2D eigenvalue weighted by Crippen LogP contribution is -2.38. The SMILES string of the molecule is Cc1cc(C)cc(NC(=O)NC(c2ccc(OCCCC(=O)O)cc2)C2CCC(C(C)(C)C)CC2)c1. The van der Waals surface area contributed by atoms with Crippen molar-refractivity contribution in [2.45, 2.75) is 79.2 Å². The largest absolute Gasteiger partial charge is 0.494 e. The Morgan fingerprint density at radius 2 is 1.61 bits per heavy atom. The highest BCUT2D eigenvalue weighted by atomic mass is 16.5. The van der Waals surface area contributed by atoms with Gasteiger partial charge in [0.2, 0.25) is 0 Å². The first-order valence-corrected chi connectivity index (χ1v) is 13.1. The van der Waals surface area contributed by atoms with Gasteiger partial charge in [-0.25, -0.2) is 4.79 Å². The zero-order chi connectivity index (χ0) is 26.3. The molecule has 0 saturated heterocycles. The van der Waals surface area contributed by atoms with Gasteiger partial charge in [-0.05, 0) is 104 Å². The second-order valence-electron chi connectivity index (χ2n) is 11.3. The highest BCUT2D eigenvalue weighted by Crippen LogP contribution is 2.43. The number of hydrogen-bond acceptors (Lipinski definition) is 3. The molecule has 6 heteroatoms. The second-order valence-corrected chi connectivity index (χ2v) is 11.3. The zero-order valence-corrected chi connectivity index (χ0v) is 22.4. The van der Waals surface area contributed by atoms with Gasteiger partial charge >= 0.3 is 12.0 Å². The van der Waals surface area contributed by atoms with E-state index in [0.717, 1.165) is 48.1 Å². The summed E-state index contributed by atoms with van der Waals surface area (Å²) in [5.41, 5.74) is 4.38. The van der Waals surface area contributed by atoms with Crippen molar-refractivity contribution >= 4 is 17.7 Å². The molecule has 2 aromatic rings. The van der Waals surface area contributed by atoms with E-state index in [4.69, 9.17) is 9.84 Å². The van der Waals surface area contributed by atoms with Crippen molar-refractivity contribution in [2.75, 3.05) is 11.9 Å². The summed E-state index contributed by atoms with van der Waals surface area (Å²) in [7, 11) is 0. The standard InChI is InChI=1S/C30H42N2O4/c1-20-17-21(2)19-25(18-20)31-29(35)32-28(22-8-12-24(13-9-22)30(3,4)5)23-10-14-26(15-11-23)36-16-6-7-27(33)34/h10-11,14-15,17-19,22,24,28H,6-9,12-13,16H2,1-5H3,(H,33,34)(H2,31,32,35). The first-order valence-electron chi connectivity index (χ1n) is 13.1. The molecule has 0 aromatic heterocycles. The molecule has 0 bridgehead atoms. The predicted octanol–water partition coefficient (Wildman–Crippen LogP) is 7.26. The Balaban J connectivity index is 1.71. The smallest absolute Gasteiger partial charge is 0.319 e. The van der Waals surface area contributed by atoms with Crippen LogP contribution in [0.2, 0.25) is 0 Å². The number of aryl methyl sites for hydroxylation is 2. The van der Waals surface area contributed by atoms with E-state index in [1.54, 1.807) is 0 Å². The van der Waals surface area contributed by atoms with Crippen LogP contribution in [-0.2, 0) is 4.79 Å². The second kappa shape index (κ2) is 12.3. The van der Waals surface area contributed by atoms with Crippen LogP contribution in [0.4, 0.5) is 10.5 Å². The van der Waals surface area contributed by atoms with Crippen molar-refractivity contribution in [3.63, 3.8) is 0 Å². The Bertz CT molecular complexity index is 998. The van der Waals surface area contributed by atoms with Gasteiger partial charge in [-0.15, -0.1) is 0 Å². The van der Waals surface area contributed by atoms with Crippen molar-refractivity contribution in [1.82, 2.24) is 5.32 Å². The summed E-state index contributed by atoms with van der Waals surface area (Å²) in [6.07, 6.45) is 5.03. The highest BCUT2D eigenvalue weighted by molar-refractivity contribution is 5.89. The Morgan fingerprint density at radius 1 is 1.00 bits per heavy atom. The number of carboxylic acid groups (broad SMARTS) is 1. The number of benzene rings is 2. The lowest BCUT2D eigenvalue weighted by atomic mass is 9.68. The maximum absolute atomic E-state index is 13.1. The van der Waals surface area contributed by atoms with Crippen LogP contribution in [0.3, 0.4) is 0 Å². The minimum atomic E-state index is -0.817. The van der Waals surface area contributed by atoms with E-state index in [1.807, 2.05) is 50.2 Å². The van der Waals surface area contributed by atoms with Crippen LogP contribution in [-0.4, -0.2) is 23.7 Å². The van der Waals surface area contributed by atoms with Crippen LogP contribution < -0.4 is 15.4 Å². The van der Waals surface area contributed by atoms with E-state index in [0.29, 0.717) is 36.0 Å². The molecule has 6 nitrogen and oxygen atoms in total. The van der Waals surface area contributed by atoms with Crippen molar-refractivity contribution in [1.29, 1.82) is 0 Å². The molecule has 2 aromatic carbocycles. The third-order valence-electron chi connectivity index (χ3n) is 7.28. The van der Waals surface area contributed by atoms with E-state index in [9.17, 15) is 9.59 Å². The fourth-order valence-corrected chi connectivity index (χ4v) is 5.33. The average Bonchev–Trinajstić information content (AvgIpc) is 2.79. The minimum absolute atomic E-state index is 0.0941. The molecule has 3 N–H and O–H groups in total. The topological polar surface area (TPSA) is 87.7 Å². The van der Waals surface area contributed by atoms with Gasteiger partial charge in [0.05, 0.1) is 12.6 Å². The van der Waals surface area contributed by atoms with Gasteiger partial charge in [-0.2, -0.15) is 0 Å². The number of hydrogen-bond donors (Lipinski definition) is 3. The molecule has 0 spiro atoms. The van der Waals surface area contributed by atoms with Crippen molar-refractivity contribution in [3.8, 4) is 5.75 Å². The number of carbonyl (C=O) groups is 2. The number of urea groups is 1. The summed E-state index contributed by atoms with van der Waals surface area (Å²) in [6, 6.07) is 13.6. The lowest BCUT2D eigenvalue weighted by Gasteiger charge is -2.39. The first kappa shape index (κ1) is 27.6. The molecule has 1 saturated carbocycles. The van der Waals surface area contributed by atoms with Gasteiger partial charge in [0.1, 0.15) is 5.75 Å². The van der Waals surface area contributed by atoms with Gasteiger partial charge in [0, 0.05) is 12.1 Å². The molecule has 196 valence electrons. The van der Waals surface area contributed by atoms with E-state index >= 15 is 0 Å². The minimum Gasteiger partial charge on any atom is -0.494 e. The van der Waals surface area contributed by atoms with Crippen LogP contribution in [0.1, 0.15) is 82.0 Å². The maximum Gasteiger partial charge on any atom is 0.319 e. The molecule has 1 aliphatic carbocycles. The monoisotopic (exact) mass is 494 g/mol. The molecule has 1 unspecified atom stereocenters. The highest BCUT2D eigenvalue weighted by Gasteiger charge is 2.34. The van der Waals surface area contributed by atoms with Crippen molar-refractivity contribution in [3.05, 3.63) is 59.2 Å². The Kier molecular flexibility index (Phi) is 9.41. The molecular formula is C30H42N2O4. The molecule has 0 radical (unpaired) electrons. The summed E-state index contributed by atoms with van der Waals surface area (Å²) in [5.74, 6) is 0.943. The number of ether oxygens (including phenoxy) is 1. The predicted molar refractivity (Wildman–Crippen MR) is 145 cm³/mol. The Morgan fingerprint density at radius 3 is 2.17 bits per heavy atom. The average molecular weight is 495 g/mol. The third kappa shape index (κ3) is 8.28. The fraction of sp³-hybridized carbons (Fsp3) is 0.533. The van der Waals surface area contributed by atoms with Gasteiger partial charge in [0.15, 0.2) is 0 Å². The summed E-state index contributed by atoms with van der Waals surface area (Å²) >= 11 is 0. The van der Waals surface area contributed by atoms with Crippen LogP contribution in [0, 0.1) is 31.1 Å². The van der Waals surface area contributed by atoms with Crippen molar-refractivity contribution < 1.29 is 19.4 Å². The molecule has 0 heterocycles. The molecule has 1 fully saturated rings. The number of nitrogens with one attached hydrogen (secondary N) is 2. The van der Waals surface area contributed by atoms with E-state index < -0.39 is 5.97 Å². The summed E-state index contributed by atoms with van der Waals surface area (Å²) in [4.78, 5) is 23.8. The molecule has 0 aliphatic heterocycles. The summed E-state index contributed by atoms with van der Waals surface area (Å²) in [5, 5.41) is 15.1. The van der Waals surface area contributed by atoms with Crippen LogP contribution >= 0.6 is 0 Å². The molecule has 2 amide bonds. The molecular weight excluding hydrogens is 452 g/mol. The lowest BCUT2D eigenvalue weighted by molar-refractivity contribution is -0.137. The number of carboxylic acids is 1. The van der Waals surface area contributed by atoms with Gasteiger partial charge < -0.3 is 20.5 Å². The van der Waals surface area contributed by atoms with Crippen LogP contribution in [0.15, 0.2) is 42.5 Å². The fourth-order valence-electron chi connectivity index (χ4n) is 5.33. The van der Waals surface area contributed by atoms with Gasteiger partial charge in [-0.3, -0.25) is 4.79 Å². The molecule has 36 heavy (non-hydrogen) atoms.